The number of nitrogens with one attached hydrogen (secondary N) is 1. The van der Waals surface area contributed by atoms with Crippen LogP contribution in [0.2, 0.25) is 5.02 Å². The smallest absolute Gasteiger partial charge is 0.286 e. The van der Waals surface area contributed by atoms with Gasteiger partial charge in [-0.15, -0.1) is 0 Å². The molecule has 21 heavy (non-hydrogen) atoms. The van der Waals surface area contributed by atoms with Crippen LogP contribution in [0.15, 0.2) is 23.1 Å². The van der Waals surface area contributed by atoms with Gasteiger partial charge in [-0.05, 0) is 6.07 Å². The van der Waals surface area contributed by atoms with Gasteiger partial charge >= 0.3 is 0 Å². The Morgan fingerprint density at radius 2 is 2.10 bits per heavy atom. The lowest BCUT2D eigenvalue weighted by Crippen LogP contribution is -2.24. The van der Waals surface area contributed by atoms with Crippen LogP contribution in [0.1, 0.15) is 9.67 Å². The number of pyridine rings is 1. The highest BCUT2D eigenvalue weighted by molar-refractivity contribution is 7.13. The molecule has 0 saturated carbocycles. The van der Waals surface area contributed by atoms with Crippen LogP contribution in [0.3, 0.4) is 0 Å². The van der Waals surface area contributed by atoms with Gasteiger partial charge in [-0.2, -0.15) is 4.39 Å². The Hall–Kier alpha value is -1.80. The third-order valence-electron chi connectivity index (χ3n) is 2.49. The Balaban J connectivity index is 2.27. The van der Waals surface area contributed by atoms with Gasteiger partial charge in [0.15, 0.2) is 10.9 Å². The Kier molecular flexibility index (Phi) is 4.69. The van der Waals surface area contributed by atoms with Crippen molar-refractivity contribution < 1.29 is 18.0 Å². The molecule has 0 bridgehead atoms. The fraction of sp³-hybridized carbons (Fsp3) is 0.167. The van der Waals surface area contributed by atoms with Crippen LogP contribution < -0.4 is 10.9 Å². The number of anilines is 1. The zero-order valence-electron chi connectivity index (χ0n) is 10.3. The lowest BCUT2D eigenvalue weighted by atomic mass is 10.3. The maximum absolute atomic E-state index is 13.4. The summed E-state index contributed by atoms with van der Waals surface area (Å²) in [5.41, 5.74) is -1.04. The number of amides is 1. The number of thiophene rings is 1. The number of hydrogen-bond donors (Lipinski definition) is 1. The van der Waals surface area contributed by atoms with Crippen molar-refractivity contribution in [2.75, 3.05) is 12.0 Å². The van der Waals surface area contributed by atoms with E-state index >= 15 is 0 Å². The second kappa shape index (κ2) is 6.31. The topological polar surface area (TPSA) is 51.1 Å². The molecular formula is C12H8ClF3N2O2S. The standard InChI is InChI=1S/C12H8ClF3N2O2S/c13-7-4-9(21-10(7)16)11(19)17-6-3-8(15)12(20)18(5-6)2-1-14/h3-5H,1-2H2,(H,17,19). The molecule has 0 spiro atoms. The number of carbonyl (C=O) groups excluding carboxylic acids is 1. The van der Waals surface area contributed by atoms with Crippen LogP contribution in [0, 0.1) is 10.9 Å². The highest BCUT2D eigenvalue weighted by atomic mass is 35.5. The summed E-state index contributed by atoms with van der Waals surface area (Å²) in [6.07, 6.45) is 1.11. The first-order valence-corrected chi connectivity index (χ1v) is 6.84. The Morgan fingerprint density at radius 3 is 2.67 bits per heavy atom. The zero-order valence-corrected chi connectivity index (χ0v) is 11.9. The molecule has 0 saturated heterocycles. The molecule has 0 atom stereocenters. The molecule has 0 aliphatic heterocycles. The number of alkyl halides is 1. The number of nitrogens with zero attached hydrogens (tertiary/aromatic N) is 1. The first-order chi connectivity index (χ1) is 9.92. The van der Waals surface area contributed by atoms with Crippen LogP contribution in [-0.2, 0) is 6.54 Å². The monoisotopic (exact) mass is 336 g/mol. The zero-order chi connectivity index (χ0) is 15.6. The van der Waals surface area contributed by atoms with E-state index < -0.39 is 29.1 Å². The van der Waals surface area contributed by atoms with Crippen molar-refractivity contribution in [2.45, 2.75) is 6.54 Å². The molecule has 1 N–H and O–H groups in total. The minimum atomic E-state index is -1.13. The second-order valence-electron chi connectivity index (χ2n) is 3.95. The molecule has 1 amide bonds. The molecule has 112 valence electrons. The maximum atomic E-state index is 13.4. The summed E-state index contributed by atoms with van der Waals surface area (Å²) in [5.74, 6) is -1.84. The van der Waals surface area contributed by atoms with Crippen molar-refractivity contribution >= 4 is 34.5 Å². The predicted molar refractivity (Wildman–Crippen MR) is 73.9 cm³/mol. The van der Waals surface area contributed by atoms with Crippen molar-refractivity contribution in [1.29, 1.82) is 0 Å². The van der Waals surface area contributed by atoms with E-state index in [9.17, 15) is 22.8 Å². The molecule has 9 heteroatoms. The van der Waals surface area contributed by atoms with E-state index in [4.69, 9.17) is 11.6 Å². The molecule has 0 aliphatic carbocycles. The SMILES string of the molecule is O=C(Nc1cc(F)c(=O)n(CCF)c1)c1cc(Cl)c(F)s1. The molecule has 0 fully saturated rings. The summed E-state index contributed by atoms with van der Waals surface area (Å²) in [4.78, 5) is 23.2. The minimum absolute atomic E-state index is 0.0128. The third-order valence-corrected chi connectivity index (χ3v) is 3.80. The van der Waals surface area contributed by atoms with E-state index in [1.54, 1.807) is 0 Å². The minimum Gasteiger partial charge on any atom is -0.320 e. The van der Waals surface area contributed by atoms with Crippen molar-refractivity contribution in [1.82, 2.24) is 4.57 Å². The first-order valence-electron chi connectivity index (χ1n) is 5.64. The van der Waals surface area contributed by atoms with Crippen molar-refractivity contribution in [2.24, 2.45) is 0 Å². The quantitative estimate of drug-likeness (QED) is 0.933. The van der Waals surface area contributed by atoms with Crippen LogP contribution in [0.25, 0.3) is 0 Å². The van der Waals surface area contributed by atoms with Crippen molar-refractivity contribution in [3.8, 4) is 0 Å². The van der Waals surface area contributed by atoms with E-state index in [1.165, 1.54) is 0 Å². The van der Waals surface area contributed by atoms with Gasteiger partial charge in [0.25, 0.3) is 11.5 Å². The van der Waals surface area contributed by atoms with Gasteiger partial charge in [-0.25, -0.2) is 8.78 Å². The second-order valence-corrected chi connectivity index (χ2v) is 5.36. The Bertz CT molecular complexity index is 725. The van der Waals surface area contributed by atoms with Gasteiger partial charge in [0, 0.05) is 12.3 Å². The number of aromatic nitrogens is 1. The number of hydrogen-bond acceptors (Lipinski definition) is 3. The van der Waals surface area contributed by atoms with E-state index in [0.717, 1.165) is 22.9 Å². The van der Waals surface area contributed by atoms with Crippen molar-refractivity contribution in [3.05, 3.63) is 49.5 Å². The molecule has 0 radical (unpaired) electrons. The van der Waals surface area contributed by atoms with E-state index in [1.807, 2.05) is 0 Å². The van der Waals surface area contributed by atoms with Gasteiger partial charge in [0.1, 0.15) is 6.67 Å². The van der Waals surface area contributed by atoms with Gasteiger partial charge in [-0.1, -0.05) is 22.9 Å². The number of halogens is 4. The maximum Gasteiger partial charge on any atom is 0.286 e. The summed E-state index contributed by atoms with van der Waals surface area (Å²) < 4.78 is 39.5. The fourth-order valence-corrected chi connectivity index (χ4v) is 2.54. The van der Waals surface area contributed by atoms with Gasteiger partial charge in [0.05, 0.1) is 22.1 Å². The van der Waals surface area contributed by atoms with Gasteiger partial charge in [-0.3, -0.25) is 9.59 Å². The highest BCUT2D eigenvalue weighted by Crippen LogP contribution is 2.25. The number of carbonyl (C=O) groups is 1. The molecule has 0 aliphatic rings. The Morgan fingerprint density at radius 1 is 1.38 bits per heavy atom. The van der Waals surface area contributed by atoms with Crippen LogP contribution in [0.4, 0.5) is 18.9 Å². The summed E-state index contributed by atoms with van der Waals surface area (Å²) in [7, 11) is 0. The lowest BCUT2D eigenvalue weighted by Gasteiger charge is -2.08. The molecule has 2 heterocycles. The predicted octanol–water partition coefficient (Wildman–Crippen LogP) is 3.06. The summed E-state index contributed by atoms with van der Waals surface area (Å²) >= 11 is 6.03. The van der Waals surface area contributed by atoms with E-state index in [0.29, 0.717) is 11.3 Å². The highest BCUT2D eigenvalue weighted by Gasteiger charge is 2.15. The summed E-state index contributed by atoms with van der Waals surface area (Å²) in [6, 6.07) is 1.94. The first kappa shape index (κ1) is 15.6. The summed E-state index contributed by atoms with van der Waals surface area (Å²) in [6.45, 7) is -1.19. The van der Waals surface area contributed by atoms with Crippen molar-refractivity contribution in [3.63, 3.8) is 0 Å². The van der Waals surface area contributed by atoms with Crippen LogP contribution in [0.5, 0.6) is 0 Å². The van der Waals surface area contributed by atoms with E-state index in [2.05, 4.69) is 5.32 Å². The average Bonchev–Trinajstić information content (AvgIpc) is 2.76. The van der Waals surface area contributed by atoms with Crippen LogP contribution >= 0.6 is 22.9 Å². The molecule has 0 unspecified atom stereocenters. The average molecular weight is 337 g/mol. The molecule has 2 aromatic heterocycles. The van der Waals surface area contributed by atoms with E-state index in [-0.39, 0.29) is 22.1 Å². The lowest BCUT2D eigenvalue weighted by molar-refractivity contribution is 0.103. The number of aryl methyl sites for hydroxylation is 1. The number of rotatable bonds is 4. The Labute approximate surface area is 125 Å². The molecular weight excluding hydrogens is 329 g/mol. The molecule has 2 aromatic rings. The fourth-order valence-electron chi connectivity index (χ4n) is 1.58. The third kappa shape index (κ3) is 3.45. The molecule has 0 aromatic carbocycles. The largest absolute Gasteiger partial charge is 0.320 e. The van der Waals surface area contributed by atoms with Crippen LogP contribution in [-0.4, -0.2) is 17.1 Å². The molecule has 4 nitrogen and oxygen atoms in total. The van der Waals surface area contributed by atoms with Gasteiger partial charge in [0.2, 0.25) is 0 Å². The molecule has 2 rings (SSSR count). The van der Waals surface area contributed by atoms with Gasteiger partial charge < -0.3 is 9.88 Å². The summed E-state index contributed by atoms with van der Waals surface area (Å²) in [5, 5.41) is 1.38. The normalized spacial score (nSPS) is 10.7.